The fraction of sp³-hybridized carbons (Fsp3) is 0.0769. The van der Waals surface area contributed by atoms with Gasteiger partial charge in [-0.1, -0.05) is 6.07 Å². The molecule has 5 nitrogen and oxygen atoms in total. The van der Waals surface area contributed by atoms with Gasteiger partial charge in [0, 0.05) is 12.7 Å². The van der Waals surface area contributed by atoms with E-state index in [1.54, 1.807) is 19.2 Å². The summed E-state index contributed by atoms with van der Waals surface area (Å²) < 4.78 is 13.2. The maximum atomic E-state index is 13.2. The molecule has 98 valence electrons. The first-order valence-corrected chi connectivity index (χ1v) is 5.47. The molecule has 0 spiro atoms. The SMILES string of the molecule is CN(c1cccc(F)c1)c1ncc(N)cc1C(=O)O. The summed E-state index contributed by atoms with van der Waals surface area (Å²) in [6, 6.07) is 7.13. The minimum atomic E-state index is -1.14. The van der Waals surface area contributed by atoms with Gasteiger partial charge in [0.15, 0.2) is 0 Å². The van der Waals surface area contributed by atoms with Gasteiger partial charge in [-0.05, 0) is 24.3 Å². The Hall–Kier alpha value is -2.63. The molecule has 19 heavy (non-hydrogen) atoms. The molecule has 0 aliphatic heterocycles. The number of nitrogen functional groups attached to an aromatic ring is 1. The predicted octanol–water partition coefficient (Wildman–Crippen LogP) is 2.27. The first-order chi connectivity index (χ1) is 8.99. The Bertz CT molecular complexity index is 631. The number of aromatic carboxylic acids is 1. The van der Waals surface area contributed by atoms with Crippen molar-refractivity contribution in [3.8, 4) is 0 Å². The maximum absolute atomic E-state index is 13.2. The number of anilines is 3. The zero-order chi connectivity index (χ0) is 14.0. The lowest BCUT2D eigenvalue weighted by atomic mass is 10.2. The second-order valence-electron chi connectivity index (χ2n) is 3.98. The van der Waals surface area contributed by atoms with E-state index in [4.69, 9.17) is 10.8 Å². The summed E-state index contributed by atoms with van der Waals surface area (Å²) in [5.74, 6) is -1.35. The summed E-state index contributed by atoms with van der Waals surface area (Å²) in [6.07, 6.45) is 1.36. The van der Waals surface area contributed by atoms with Gasteiger partial charge in [0.1, 0.15) is 17.2 Å². The van der Waals surface area contributed by atoms with Crippen LogP contribution in [0.4, 0.5) is 21.6 Å². The third-order valence-corrected chi connectivity index (χ3v) is 2.63. The van der Waals surface area contributed by atoms with E-state index in [2.05, 4.69) is 4.98 Å². The average molecular weight is 261 g/mol. The van der Waals surface area contributed by atoms with Crippen LogP contribution in [0.5, 0.6) is 0 Å². The van der Waals surface area contributed by atoms with Gasteiger partial charge in [-0.15, -0.1) is 0 Å². The van der Waals surface area contributed by atoms with Gasteiger partial charge in [-0.2, -0.15) is 0 Å². The molecule has 0 unspecified atom stereocenters. The lowest BCUT2D eigenvalue weighted by Gasteiger charge is -2.20. The molecule has 1 aromatic carbocycles. The standard InChI is InChI=1S/C13H12FN3O2/c1-17(10-4-2-3-8(14)5-10)12-11(13(18)19)6-9(15)7-16-12/h2-7H,15H2,1H3,(H,18,19). The Kier molecular flexibility index (Phi) is 3.33. The van der Waals surface area contributed by atoms with Gasteiger partial charge < -0.3 is 15.7 Å². The van der Waals surface area contributed by atoms with Crippen LogP contribution in [0.25, 0.3) is 0 Å². The largest absolute Gasteiger partial charge is 0.478 e. The fourth-order valence-electron chi connectivity index (χ4n) is 1.71. The number of carboxylic acids is 1. The molecule has 6 heteroatoms. The third-order valence-electron chi connectivity index (χ3n) is 2.63. The van der Waals surface area contributed by atoms with Crippen molar-refractivity contribution in [3.05, 3.63) is 47.9 Å². The highest BCUT2D eigenvalue weighted by molar-refractivity contribution is 5.95. The number of halogens is 1. The molecule has 3 N–H and O–H groups in total. The van der Waals surface area contributed by atoms with Crippen LogP contribution >= 0.6 is 0 Å². The number of rotatable bonds is 3. The first kappa shape index (κ1) is 12.8. The van der Waals surface area contributed by atoms with Gasteiger partial charge >= 0.3 is 5.97 Å². The summed E-state index contributed by atoms with van der Waals surface area (Å²) >= 11 is 0. The van der Waals surface area contributed by atoms with E-state index in [1.807, 2.05) is 0 Å². The predicted molar refractivity (Wildman–Crippen MR) is 70.1 cm³/mol. The minimum absolute atomic E-state index is 0.0354. The van der Waals surface area contributed by atoms with Gasteiger partial charge in [0.2, 0.25) is 0 Å². The lowest BCUT2D eigenvalue weighted by Crippen LogP contribution is -2.16. The maximum Gasteiger partial charge on any atom is 0.339 e. The number of carboxylic acid groups (broad SMARTS) is 1. The van der Waals surface area contributed by atoms with E-state index in [0.717, 1.165) is 0 Å². The zero-order valence-corrected chi connectivity index (χ0v) is 10.2. The number of carbonyl (C=O) groups is 1. The highest BCUT2D eigenvalue weighted by Crippen LogP contribution is 2.26. The van der Waals surface area contributed by atoms with Gasteiger partial charge in [-0.3, -0.25) is 0 Å². The van der Waals surface area contributed by atoms with Crippen LogP contribution in [0.1, 0.15) is 10.4 Å². The molecular formula is C13H12FN3O2. The van der Waals surface area contributed by atoms with Crippen molar-refractivity contribution in [2.45, 2.75) is 0 Å². The molecule has 0 bridgehead atoms. The van der Waals surface area contributed by atoms with Gasteiger partial charge in [0.25, 0.3) is 0 Å². The second kappa shape index (κ2) is 4.93. The van der Waals surface area contributed by atoms with E-state index < -0.39 is 11.8 Å². The van der Waals surface area contributed by atoms with Crippen LogP contribution < -0.4 is 10.6 Å². The first-order valence-electron chi connectivity index (χ1n) is 5.47. The smallest absolute Gasteiger partial charge is 0.339 e. The van der Waals surface area contributed by atoms with Crippen LogP contribution in [0.2, 0.25) is 0 Å². The molecule has 0 fully saturated rings. The van der Waals surface area contributed by atoms with Gasteiger partial charge in [-0.25, -0.2) is 14.2 Å². The molecular weight excluding hydrogens is 249 g/mol. The normalized spacial score (nSPS) is 10.2. The Morgan fingerprint density at radius 3 is 2.79 bits per heavy atom. The minimum Gasteiger partial charge on any atom is -0.478 e. The van der Waals surface area contributed by atoms with E-state index >= 15 is 0 Å². The molecule has 1 heterocycles. The lowest BCUT2D eigenvalue weighted by molar-refractivity contribution is 0.0697. The second-order valence-corrected chi connectivity index (χ2v) is 3.98. The molecule has 0 atom stereocenters. The Labute approximate surface area is 109 Å². The fourth-order valence-corrected chi connectivity index (χ4v) is 1.71. The van der Waals surface area contributed by atoms with Crippen LogP contribution in [0.3, 0.4) is 0 Å². The van der Waals surface area contributed by atoms with Crippen molar-refractivity contribution >= 4 is 23.2 Å². The van der Waals surface area contributed by atoms with Crippen LogP contribution in [-0.4, -0.2) is 23.1 Å². The van der Waals surface area contributed by atoms with Crippen molar-refractivity contribution in [1.29, 1.82) is 0 Å². The highest BCUT2D eigenvalue weighted by Gasteiger charge is 2.17. The van der Waals surface area contributed by atoms with Crippen molar-refractivity contribution in [2.75, 3.05) is 17.7 Å². The van der Waals surface area contributed by atoms with E-state index in [1.165, 1.54) is 29.3 Å². The summed E-state index contributed by atoms with van der Waals surface area (Å²) in [6.45, 7) is 0. The van der Waals surface area contributed by atoms with E-state index in [9.17, 15) is 9.18 Å². The van der Waals surface area contributed by atoms with Crippen molar-refractivity contribution < 1.29 is 14.3 Å². The molecule has 0 radical (unpaired) electrons. The van der Waals surface area contributed by atoms with Crippen molar-refractivity contribution in [2.24, 2.45) is 0 Å². The summed E-state index contributed by atoms with van der Waals surface area (Å²) in [7, 11) is 1.61. The Morgan fingerprint density at radius 1 is 1.42 bits per heavy atom. The number of pyridine rings is 1. The number of nitrogens with two attached hydrogens (primary N) is 1. The molecule has 0 saturated heterocycles. The number of aromatic nitrogens is 1. The monoisotopic (exact) mass is 261 g/mol. The van der Waals surface area contributed by atoms with Crippen LogP contribution in [0.15, 0.2) is 36.5 Å². The number of hydrogen-bond donors (Lipinski definition) is 2. The number of benzene rings is 1. The average Bonchev–Trinajstić information content (AvgIpc) is 2.37. The molecule has 0 aliphatic carbocycles. The highest BCUT2D eigenvalue weighted by atomic mass is 19.1. The summed E-state index contributed by atoms with van der Waals surface area (Å²) in [5.41, 5.74) is 6.25. The molecule has 0 saturated carbocycles. The molecule has 1 aromatic heterocycles. The van der Waals surface area contributed by atoms with Crippen molar-refractivity contribution in [1.82, 2.24) is 4.98 Å². The quantitative estimate of drug-likeness (QED) is 0.886. The summed E-state index contributed by atoms with van der Waals surface area (Å²) in [4.78, 5) is 16.7. The Morgan fingerprint density at radius 2 is 2.16 bits per heavy atom. The molecule has 2 aromatic rings. The third kappa shape index (κ3) is 2.62. The molecule has 2 rings (SSSR count). The number of hydrogen-bond acceptors (Lipinski definition) is 4. The van der Waals surface area contributed by atoms with Crippen LogP contribution in [-0.2, 0) is 0 Å². The van der Waals surface area contributed by atoms with Crippen LogP contribution in [0, 0.1) is 5.82 Å². The Balaban J connectivity index is 2.49. The van der Waals surface area contributed by atoms with Crippen molar-refractivity contribution in [3.63, 3.8) is 0 Å². The molecule has 0 amide bonds. The molecule has 0 aliphatic rings. The van der Waals surface area contributed by atoms with Gasteiger partial charge in [0.05, 0.1) is 11.9 Å². The topological polar surface area (TPSA) is 79.5 Å². The zero-order valence-electron chi connectivity index (χ0n) is 10.2. The van der Waals surface area contributed by atoms with E-state index in [0.29, 0.717) is 5.69 Å². The number of nitrogens with zero attached hydrogens (tertiary/aromatic N) is 2. The summed E-state index contributed by atoms with van der Waals surface area (Å²) in [5, 5.41) is 9.14. The van der Waals surface area contributed by atoms with E-state index in [-0.39, 0.29) is 17.1 Å².